The minimum Gasteiger partial charge on any atom is -0.353 e. The van der Waals surface area contributed by atoms with Crippen LogP contribution >= 0.6 is 15.9 Å². The van der Waals surface area contributed by atoms with E-state index in [1.165, 1.54) is 0 Å². The monoisotopic (exact) mass is 254 g/mol. The molecule has 0 atom stereocenters. The normalized spacial score (nSPS) is 9.93. The van der Waals surface area contributed by atoms with Crippen molar-refractivity contribution >= 4 is 21.7 Å². The highest BCUT2D eigenvalue weighted by atomic mass is 79.9. The van der Waals surface area contributed by atoms with Crippen LogP contribution in [0.4, 0.5) is 5.82 Å². The van der Waals surface area contributed by atoms with E-state index in [1.54, 1.807) is 0 Å². The molecular formula is C11H15BrN2. The molecule has 2 nitrogen and oxygen atoms in total. The minimum absolute atomic E-state index is 0.838. The lowest BCUT2D eigenvalue weighted by Crippen LogP contribution is -2.23. The molecule has 1 rings (SSSR count). The van der Waals surface area contributed by atoms with Gasteiger partial charge in [-0.25, -0.2) is 4.98 Å². The van der Waals surface area contributed by atoms with Gasteiger partial charge in [0.15, 0.2) is 0 Å². The smallest absolute Gasteiger partial charge is 0.129 e. The van der Waals surface area contributed by atoms with Gasteiger partial charge in [-0.3, -0.25) is 0 Å². The van der Waals surface area contributed by atoms with Crippen molar-refractivity contribution < 1.29 is 0 Å². The van der Waals surface area contributed by atoms with Gasteiger partial charge in [0.25, 0.3) is 0 Å². The van der Waals surface area contributed by atoms with Crippen LogP contribution in [0.3, 0.4) is 0 Å². The molecule has 0 N–H and O–H groups in total. The molecule has 0 aromatic carbocycles. The number of rotatable bonds is 4. The number of nitrogens with zero attached hydrogens (tertiary/aromatic N) is 2. The van der Waals surface area contributed by atoms with Crippen molar-refractivity contribution in [3.63, 3.8) is 0 Å². The van der Waals surface area contributed by atoms with Gasteiger partial charge in [0.2, 0.25) is 0 Å². The summed E-state index contributed by atoms with van der Waals surface area (Å²) < 4.78 is 1.05. The van der Waals surface area contributed by atoms with Crippen molar-refractivity contribution in [2.24, 2.45) is 0 Å². The molecular weight excluding hydrogens is 240 g/mol. The summed E-state index contributed by atoms with van der Waals surface area (Å²) in [6, 6.07) is 4.05. The van der Waals surface area contributed by atoms with E-state index in [2.05, 4.69) is 39.3 Å². The fourth-order valence-electron chi connectivity index (χ4n) is 1.25. The maximum absolute atomic E-state index is 4.49. The van der Waals surface area contributed by atoms with Crippen LogP contribution < -0.4 is 4.90 Å². The number of halogens is 1. The van der Waals surface area contributed by atoms with E-state index in [9.17, 15) is 0 Å². The van der Waals surface area contributed by atoms with Crippen LogP contribution in [0, 0.1) is 6.92 Å². The lowest BCUT2D eigenvalue weighted by atomic mass is 10.3. The minimum atomic E-state index is 0.838. The number of aromatic nitrogens is 1. The zero-order valence-corrected chi connectivity index (χ0v) is 10.2. The molecule has 1 aromatic heterocycles. The number of anilines is 1. The van der Waals surface area contributed by atoms with E-state index in [4.69, 9.17) is 0 Å². The Kier molecular flexibility index (Phi) is 4.14. The predicted octanol–water partition coefficient (Wildman–Crippen LogP) is 3.16. The van der Waals surface area contributed by atoms with Crippen molar-refractivity contribution in [1.29, 1.82) is 0 Å². The summed E-state index contributed by atoms with van der Waals surface area (Å²) in [5, 5.41) is 0. The molecule has 0 unspecified atom stereocenters. The molecule has 3 heteroatoms. The second-order valence-electron chi connectivity index (χ2n) is 3.06. The van der Waals surface area contributed by atoms with Gasteiger partial charge in [-0.05, 0) is 41.9 Å². The van der Waals surface area contributed by atoms with E-state index in [1.807, 2.05) is 25.1 Å². The first-order chi connectivity index (χ1) is 6.69. The van der Waals surface area contributed by atoms with Gasteiger partial charge < -0.3 is 4.90 Å². The number of hydrogen-bond donors (Lipinski definition) is 0. The van der Waals surface area contributed by atoms with Crippen LogP contribution in [0.15, 0.2) is 29.3 Å². The molecule has 0 saturated carbocycles. The Morgan fingerprint density at radius 1 is 1.57 bits per heavy atom. The summed E-state index contributed by atoms with van der Waals surface area (Å²) in [6.45, 7) is 9.63. The van der Waals surface area contributed by atoms with Crippen molar-refractivity contribution in [2.75, 3.05) is 18.0 Å². The third kappa shape index (κ3) is 2.58. The summed E-state index contributed by atoms with van der Waals surface area (Å²) in [7, 11) is 0. The lowest BCUT2D eigenvalue weighted by Gasteiger charge is -2.20. The van der Waals surface area contributed by atoms with E-state index < -0.39 is 0 Å². The van der Waals surface area contributed by atoms with Crippen molar-refractivity contribution in [1.82, 2.24) is 4.98 Å². The average molecular weight is 255 g/mol. The van der Waals surface area contributed by atoms with Crippen LogP contribution in [-0.4, -0.2) is 18.1 Å². The zero-order chi connectivity index (χ0) is 10.6. The van der Waals surface area contributed by atoms with Gasteiger partial charge in [0, 0.05) is 17.6 Å². The van der Waals surface area contributed by atoms with E-state index in [0.29, 0.717) is 0 Å². The SMILES string of the molecule is C=CCN(CC)c1ccc(Br)c(C)n1. The highest BCUT2D eigenvalue weighted by Crippen LogP contribution is 2.18. The molecule has 0 radical (unpaired) electrons. The molecule has 0 saturated heterocycles. The summed E-state index contributed by atoms with van der Waals surface area (Å²) >= 11 is 3.44. The number of aryl methyl sites for hydroxylation is 1. The Labute approximate surface area is 93.8 Å². The predicted molar refractivity (Wildman–Crippen MR) is 64.8 cm³/mol. The maximum atomic E-state index is 4.49. The van der Waals surface area contributed by atoms with Crippen molar-refractivity contribution in [2.45, 2.75) is 13.8 Å². The summed E-state index contributed by atoms with van der Waals surface area (Å²) in [5.74, 6) is 1.01. The largest absolute Gasteiger partial charge is 0.353 e. The molecule has 0 bridgehead atoms. The maximum Gasteiger partial charge on any atom is 0.129 e. The van der Waals surface area contributed by atoms with Gasteiger partial charge in [-0.1, -0.05) is 6.08 Å². The topological polar surface area (TPSA) is 16.1 Å². The van der Waals surface area contributed by atoms with Gasteiger partial charge in [0.05, 0.1) is 5.69 Å². The van der Waals surface area contributed by atoms with Gasteiger partial charge in [0.1, 0.15) is 5.82 Å². The quantitative estimate of drug-likeness (QED) is 0.768. The molecule has 14 heavy (non-hydrogen) atoms. The van der Waals surface area contributed by atoms with Gasteiger partial charge in [-0.15, -0.1) is 6.58 Å². The fourth-order valence-corrected chi connectivity index (χ4v) is 1.47. The molecule has 76 valence electrons. The molecule has 0 aliphatic carbocycles. The second kappa shape index (κ2) is 5.15. The third-order valence-corrected chi connectivity index (χ3v) is 2.90. The molecule has 0 spiro atoms. The average Bonchev–Trinajstić information content (AvgIpc) is 2.19. The summed E-state index contributed by atoms with van der Waals surface area (Å²) in [5.41, 5.74) is 1.02. The fraction of sp³-hybridized carbons (Fsp3) is 0.364. The lowest BCUT2D eigenvalue weighted by molar-refractivity contribution is 0.876. The zero-order valence-electron chi connectivity index (χ0n) is 8.63. The van der Waals surface area contributed by atoms with E-state index >= 15 is 0 Å². The highest BCUT2D eigenvalue weighted by molar-refractivity contribution is 9.10. The molecule has 1 aromatic rings. The van der Waals surface area contributed by atoms with Gasteiger partial charge in [-0.2, -0.15) is 0 Å². The first kappa shape index (κ1) is 11.2. The van der Waals surface area contributed by atoms with Crippen molar-refractivity contribution in [3.8, 4) is 0 Å². The van der Waals surface area contributed by atoms with Crippen LogP contribution in [0.1, 0.15) is 12.6 Å². The van der Waals surface area contributed by atoms with Crippen molar-refractivity contribution in [3.05, 3.63) is 35.0 Å². The highest BCUT2D eigenvalue weighted by Gasteiger charge is 2.04. The summed E-state index contributed by atoms with van der Waals surface area (Å²) in [6.07, 6.45) is 1.89. The third-order valence-electron chi connectivity index (χ3n) is 2.06. The Bertz CT molecular complexity index is 323. The standard InChI is InChI=1S/C11H15BrN2/c1-4-8-14(5-2)11-7-6-10(12)9(3)13-11/h4,6-7H,1,5,8H2,2-3H3. The summed E-state index contributed by atoms with van der Waals surface area (Å²) in [4.78, 5) is 6.67. The van der Waals surface area contributed by atoms with Crippen LogP contribution in [0.2, 0.25) is 0 Å². The molecule has 0 aliphatic rings. The first-order valence-electron chi connectivity index (χ1n) is 4.68. The van der Waals surface area contributed by atoms with Crippen LogP contribution in [-0.2, 0) is 0 Å². The van der Waals surface area contributed by atoms with E-state index in [0.717, 1.165) is 29.1 Å². The second-order valence-corrected chi connectivity index (χ2v) is 3.92. The molecule has 0 amide bonds. The number of hydrogen-bond acceptors (Lipinski definition) is 2. The molecule has 0 aliphatic heterocycles. The Balaban J connectivity index is 2.93. The Morgan fingerprint density at radius 2 is 2.29 bits per heavy atom. The Hall–Kier alpha value is -0.830. The van der Waals surface area contributed by atoms with E-state index in [-0.39, 0.29) is 0 Å². The number of likely N-dealkylation sites (N-methyl/N-ethyl adjacent to an activating group) is 1. The van der Waals surface area contributed by atoms with Crippen LogP contribution in [0.25, 0.3) is 0 Å². The Morgan fingerprint density at radius 3 is 2.79 bits per heavy atom. The number of pyridine rings is 1. The van der Waals surface area contributed by atoms with Crippen LogP contribution in [0.5, 0.6) is 0 Å². The van der Waals surface area contributed by atoms with Gasteiger partial charge >= 0.3 is 0 Å². The molecule has 1 heterocycles. The first-order valence-corrected chi connectivity index (χ1v) is 5.47. The molecule has 0 fully saturated rings.